The summed E-state index contributed by atoms with van der Waals surface area (Å²) in [5.41, 5.74) is 0. The SMILES string of the molecule is O[C@@H]1CCN2O[C@@H](COC3CCCCO3)C[C@H]12. The maximum Gasteiger partial charge on any atom is 0.157 e. The van der Waals surface area contributed by atoms with E-state index in [2.05, 4.69) is 0 Å². The predicted octanol–water partition coefficient (Wildman–Crippen LogP) is 0.669. The van der Waals surface area contributed by atoms with Gasteiger partial charge in [-0.1, -0.05) is 0 Å². The first-order chi connectivity index (χ1) is 8.33. The molecule has 3 aliphatic rings. The molecule has 0 saturated carbocycles. The summed E-state index contributed by atoms with van der Waals surface area (Å²) in [6, 6.07) is 0.177. The Morgan fingerprint density at radius 1 is 1.29 bits per heavy atom. The van der Waals surface area contributed by atoms with Gasteiger partial charge in [0.05, 0.1) is 18.8 Å². The van der Waals surface area contributed by atoms with E-state index in [9.17, 15) is 5.11 Å². The van der Waals surface area contributed by atoms with Crippen molar-refractivity contribution >= 4 is 0 Å². The van der Waals surface area contributed by atoms with E-state index in [1.165, 1.54) is 6.42 Å². The standard InChI is InChI=1S/C12H21NO4/c14-11-4-5-13-10(11)7-9(17-13)8-16-12-3-1-2-6-15-12/h9-12,14H,1-8H2/t9-,10-,11-,12?/m1/s1. The highest BCUT2D eigenvalue weighted by molar-refractivity contribution is 4.89. The number of rotatable bonds is 3. The monoisotopic (exact) mass is 243 g/mol. The second-order valence-electron chi connectivity index (χ2n) is 5.16. The largest absolute Gasteiger partial charge is 0.391 e. The molecule has 5 nitrogen and oxygen atoms in total. The highest BCUT2D eigenvalue weighted by Crippen LogP contribution is 2.30. The van der Waals surface area contributed by atoms with Crippen molar-refractivity contribution in [2.24, 2.45) is 0 Å². The van der Waals surface area contributed by atoms with Gasteiger partial charge in [0.15, 0.2) is 6.29 Å². The minimum Gasteiger partial charge on any atom is -0.391 e. The van der Waals surface area contributed by atoms with Crippen molar-refractivity contribution < 1.29 is 19.4 Å². The lowest BCUT2D eigenvalue weighted by Gasteiger charge is -2.24. The zero-order chi connectivity index (χ0) is 11.7. The van der Waals surface area contributed by atoms with E-state index >= 15 is 0 Å². The molecule has 17 heavy (non-hydrogen) atoms. The fourth-order valence-corrected chi connectivity index (χ4v) is 2.87. The molecule has 0 amide bonds. The average Bonchev–Trinajstić information content (AvgIpc) is 2.91. The maximum atomic E-state index is 9.75. The van der Waals surface area contributed by atoms with E-state index in [-0.39, 0.29) is 24.5 Å². The van der Waals surface area contributed by atoms with Gasteiger partial charge in [0.25, 0.3) is 0 Å². The van der Waals surface area contributed by atoms with Crippen molar-refractivity contribution in [3.8, 4) is 0 Å². The summed E-state index contributed by atoms with van der Waals surface area (Å²) < 4.78 is 11.2. The lowest BCUT2D eigenvalue weighted by Crippen LogP contribution is -2.27. The number of fused-ring (bicyclic) bond motifs is 1. The third-order valence-corrected chi connectivity index (χ3v) is 3.85. The lowest BCUT2D eigenvalue weighted by molar-refractivity contribution is -0.206. The Morgan fingerprint density at radius 2 is 2.24 bits per heavy atom. The van der Waals surface area contributed by atoms with Gasteiger partial charge in [-0.25, -0.2) is 0 Å². The van der Waals surface area contributed by atoms with E-state index in [0.717, 1.165) is 38.8 Å². The van der Waals surface area contributed by atoms with Gasteiger partial charge in [0.1, 0.15) is 6.10 Å². The van der Waals surface area contributed by atoms with Gasteiger partial charge in [-0.3, -0.25) is 4.84 Å². The zero-order valence-corrected chi connectivity index (χ0v) is 10.1. The van der Waals surface area contributed by atoms with Crippen LogP contribution in [0.4, 0.5) is 0 Å². The molecule has 3 saturated heterocycles. The molecule has 0 aliphatic carbocycles. The van der Waals surface area contributed by atoms with Crippen LogP contribution in [0.15, 0.2) is 0 Å². The molecule has 4 atom stereocenters. The van der Waals surface area contributed by atoms with E-state index < -0.39 is 0 Å². The summed E-state index contributed by atoms with van der Waals surface area (Å²) in [5.74, 6) is 0. The van der Waals surface area contributed by atoms with Crippen LogP contribution in [0.3, 0.4) is 0 Å². The lowest BCUT2D eigenvalue weighted by atomic mass is 10.1. The van der Waals surface area contributed by atoms with Gasteiger partial charge >= 0.3 is 0 Å². The molecule has 0 radical (unpaired) electrons. The molecule has 1 N–H and O–H groups in total. The molecule has 3 fully saturated rings. The van der Waals surface area contributed by atoms with Gasteiger partial charge in [-0.2, -0.15) is 5.06 Å². The summed E-state index contributed by atoms with van der Waals surface area (Å²) >= 11 is 0. The van der Waals surface area contributed by atoms with E-state index in [1.807, 2.05) is 5.06 Å². The van der Waals surface area contributed by atoms with Crippen molar-refractivity contribution in [1.82, 2.24) is 5.06 Å². The van der Waals surface area contributed by atoms with Gasteiger partial charge < -0.3 is 14.6 Å². The van der Waals surface area contributed by atoms with Gasteiger partial charge in [0, 0.05) is 13.2 Å². The number of aliphatic hydroxyl groups is 1. The Labute approximate surface area is 102 Å². The first-order valence-electron chi connectivity index (χ1n) is 6.67. The summed E-state index contributed by atoms with van der Waals surface area (Å²) in [4.78, 5) is 5.74. The predicted molar refractivity (Wildman–Crippen MR) is 60.2 cm³/mol. The summed E-state index contributed by atoms with van der Waals surface area (Å²) in [6.45, 7) is 2.22. The summed E-state index contributed by atoms with van der Waals surface area (Å²) in [6.07, 6.45) is 4.81. The average molecular weight is 243 g/mol. The quantitative estimate of drug-likeness (QED) is 0.789. The van der Waals surface area contributed by atoms with Crippen LogP contribution in [0, 0.1) is 0 Å². The fourth-order valence-electron chi connectivity index (χ4n) is 2.87. The Hall–Kier alpha value is -0.200. The van der Waals surface area contributed by atoms with Crippen molar-refractivity contribution in [3.05, 3.63) is 0 Å². The molecular weight excluding hydrogens is 222 g/mol. The number of hydrogen-bond acceptors (Lipinski definition) is 5. The molecule has 98 valence electrons. The molecule has 3 rings (SSSR count). The number of hydrogen-bond donors (Lipinski definition) is 1. The van der Waals surface area contributed by atoms with Crippen LogP contribution in [0.25, 0.3) is 0 Å². The molecule has 0 aromatic rings. The Balaban J connectivity index is 1.41. The minimum absolute atomic E-state index is 0.0484. The van der Waals surface area contributed by atoms with Crippen LogP contribution in [0.2, 0.25) is 0 Å². The highest BCUT2D eigenvalue weighted by atomic mass is 16.7. The van der Waals surface area contributed by atoms with E-state index in [0.29, 0.717) is 6.61 Å². The normalized spacial score (nSPS) is 42.9. The minimum atomic E-state index is -0.231. The van der Waals surface area contributed by atoms with Crippen molar-refractivity contribution in [3.63, 3.8) is 0 Å². The molecule has 3 heterocycles. The first-order valence-corrected chi connectivity index (χ1v) is 6.67. The van der Waals surface area contributed by atoms with Crippen LogP contribution >= 0.6 is 0 Å². The van der Waals surface area contributed by atoms with Crippen LogP contribution in [0.1, 0.15) is 32.1 Å². The summed E-state index contributed by atoms with van der Waals surface area (Å²) in [5, 5.41) is 11.7. The third kappa shape index (κ3) is 2.63. The number of nitrogens with zero attached hydrogens (tertiary/aromatic N) is 1. The summed E-state index contributed by atoms with van der Waals surface area (Å²) in [7, 11) is 0. The molecule has 1 unspecified atom stereocenters. The molecule has 0 aromatic heterocycles. The topological polar surface area (TPSA) is 51.2 Å². The second kappa shape index (κ2) is 5.20. The van der Waals surface area contributed by atoms with Gasteiger partial charge in [-0.15, -0.1) is 0 Å². The first kappa shape index (κ1) is 11.9. The molecular formula is C12H21NO4. The smallest absolute Gasteiger partial charge is 0.157 e. The molecule has 0 spiro atoms. The maximum absolute atomic E-state index is 9.75. The van der Waals surface area contributed by atoms with Crippen LogP contribution in [-0.2, 0) is 14.3 Å². The number of aliphatic hydroxyl groups excluding tert-OH is 1. The van der Waals surface area contributed by atoms with E-state index in [4.69, 9.17) is 14.3 Å². The van der Waals surface area contributed by atoms with Crippen LogP contribution < -0.4 is 0 Å². The van der Waals surface area contributed by atoms with Crippen LogP contribution in [-0.4, -0.2) is 54.5 Å². The molecule has 5 heteroatoms. The number of hydroxylamine groups is 2. The Kier molecular flexibility index (Phi) is 3.63. The Morgan fingerprint density at radius 3 is 3.00 bits per heavy atom. The Bertz CT molecular complexity index is 257. The van der Waals surface area contributed by atoms with Gasteiger partial charge in [0.2, 0.25) is 0 Å². The molecule has 0 aromatic carbocycles. The van der Waals surface area contributed by atoms with Crippen molar-refractivity contribution in [2.75, 3.05) is 19.8 Å². The second-order valence-corrected chi connectivity index (χ2v) is 5.16. The zero-order valence-electron chi connectivity index (χ0n) is 10.1. The van der Waals surface area contributed by atoms with E-state index in [1.54, 1.807) is 0 Å². The molecule has 3 aliphatic heterocycles. The fraction of sp³-hybridized carbons (Fsp3) is 1.00. The highest BCUT2D eigenvalue weighted by Gasteiger charge is 2.42. The third-order valence-electron chi connectivity index (χ3n) is 3.85. The van der Waals surface area contributed by atoms with Crippen LogP contribution in [0.5, 0.6) is 0 Å². The van der Waals surface area contributed by atoms with Crippen molar-refractivity contribution in [2.45, 2.75) is 56.6 Å². The van der Waals surface area contributed by atoms with Crippen molar-refractivity contribution in [1.29, 1.82) is 0 Å². The van der Waals surface area contributed by atoms with Gasteiger partial charge in [-0.05, 0) is 32.1 Å². The molecule has 0 bridgehead atoms. The number of ether oxygens (including phenoxy) is 2.